The number of hydrogen-bond donors (Lipinski definition) is 0. The van der Waals surface area contributed by atoms with Crippen molar-refractivity contribution < 1.29 is 0 Å². The monoisotopic (exact) mass is 286 g/mol. The van der Waals surface area contributed by atoms with Crippen LogP contribution < -0.4 is 0 Å². The quantitative estimate of drug-likeness (QED) is 0.742. The molecule has 0 aliphatic heterocycles. The second-order valence-electron chi connectivity index (χ2n) is 4.30. The number of nitrogens with zero attached hydrogens (tertiary/aromatic N) is 4. The molecule has 0 radical (unpaired) electrons. The molecule has 0 N–H and O–H groups in total. The van der Waals surface area contributed by atoms with E-state index >= 15 is 0 Å². The molecule has 0 fully saturated rings. The third-order valence-electron chi connectivity index (χ3n) is 3.09. The Morgan fingerprint density at radius 1 is 0.950 bits per heavy atom. The van der Waals surface area contributed by atoms with E-state index in [9.17, 15) is 0 Å². The Labute approximate surface area is 123 Å². The van der Waals surface area contributed by atoms with E-state index in [-0.39, 0.29) is 12.4 Å². The molecule has 0 spiro atoms. The number of tetrazole rings is 1. The molecule has 0 aliphatic rings. The van der Waals surface area contributed by atoms with Crippen LogP contribution in [0.25, 0.3) is 17.1 Å². The maximum atomic E-state index is 4.11. The maximum absolute atomic E-state index is 4.11. The Kier molecular flexibility index (Phi) is 4.48. The first kappa shape index (κ1) is 14.2. The van der Waals surface area contributed by atoms with Crippen LogP contribution in [-0.2, 0) is 6.42 Å². The van der Waals surface area contributed by atoms with Crippen LogP contribution in [0.4, 0.5) is 0 Å². The Morgan fingerprint density at radius 3 is 2.30 bits per heavy atom. The second kappa shape index (κ2) is 6.30. The summed E-state index contributed by atoms with van der Waals surface area (Å²) in [5.41, 5.74) is 3.28. The van der Waals surface area contributed by atoms with Gasteiger partial charge in [-0.2, -0.15) is 4.68 Å². The summed E-state index contributed by atoms with van der Waals surface area (Å²) in [5, 5.41) is 12.0. The molecule has 0 saturated carbocycles. The van der Waals surface area contributed by atoms with Crippen LogP contribution >= 0.6 is 12.4 Å². The fourth-order valence-corrected chi connectivity index (χ4v) is 2.00. The van der Waals surface area contributed by atoms with E-state index < -0.39 is 0 Å². The minimum absolute atomic E-state index is 0. The number of hydrogen-bond acceptors (Lipinski definition) is 3. The van der Waals surface area contributed by atoms with Crippen LogP contribution in [0.3, 0.4) is 0 Å². The highest BCUT2D eigenvalue weighted by atomic mass is 35.5. The molecule has 20 heavy (non-hydrogen) atoms. The van der Waals surface area contributed by atoms with Crippen LogP contribution in [0.1, 0.15) is 12.5 Å². The number of aromatic nitrogens is 4. The molecule has 0 amide bonds. The van der Waals surface area contributed by atoms with Crippen molar-refractivity contribution in [3.63, 3.8) is 0 Å². The highest BCUT2D eigenvalue weighted by Gasteiger charge is 2.09. The van der Waals surface area contributed by atoms with Gasteiger partial charge in [-0.05, 0) is 34.5 Å². The number of rotatable bonds is 3. The van der Waals surface area contributed by atoms with Crippen molar-refractivity contribution in [2.24, 2.45) is 0 Å². The van der Waals surface area contributed by atoms with Crippen molar-refractivity contribution in [1.82, 2.24) is 20.2 Å². The van der Waals surface area contributed by atoms with E-state index in [0.717, 1.165) is 23.5 Å². The van der Waals surface area contributed by atoms with E-state index in [2.05, 4.69) is 34.6 Å². The molecule has 0 unspecified atom stereocenters. The van der Waals surface area contributed by atoms with Crippen molar-refractivity contribution in [2.75, 3.05) is 0 Å². The lowest BCUT2D eigenvalue weighted by Gasteiger charge is -2.05. The Balaban J connectivity index is 0.00000147. The molecule has 5 heteroatoms. The number of aryl methyl sites for hydroxylation is 1. The van der Waals surface area contributed by atoms with E-state index in [0.29, 0.717) is 0 Å². The van der Waals surface area contributed by atoms with Gasteiger partial charge in [-0.1, -0.05) is 49.4 Å². The predicted molar refractivity (Wildman–Crippen MR) is 81.2 cm³/mol. The zero-order valence-corrected chi connectivity index (χ0v) is 11.9. The normalized spacial score (nSPS) is 10.1. The molecule has 3 rings (SSSR count). The van der Waals surface area contributed by atoms with Crippen molar-refractivity contribution in [3.05, 3.63) is 60.2 Å². The number of benzene rings is 2. The van der Waals surface area contributed by atoms with E-state index in [4.69, 9.17) is 0 Å². The molecular weight excluding hydrogens is 272 g/mol. The lowest BCUT2D eigenvalue weighted by molar-refractivity contribution is 0.791. The van der Waals surface area contributed by atoms with Gasteiger partial charge < -0.3 is 0 Å². The minimum Gasteiger partial charge on any atom is -0.193 e. The average Bonchev–Trinajstić information content (AvgIpc) is 2.98. The summed E-state index contributed by atoms with van der Waals surface area (Å²) in [7, 11) is 0. The highest BCUT2D eigenvalue weighted by molar-refractivity contribution is 5.85. The first-order chi connectivity index (χ1) is 9.38. The van der Waals surface area contributed by atoms with Gasteiger partial charge in [0.05, 0.1) is 5.69 Å². The summed E-state index contributed by atoms with van der Waals surface area (Å²) in [5.74, 6) is 0.754. The molecular formula is C15H15ClN4. The Morgan fingerprint density at radius 2 is 1.65 bits per heavy atom. The van der Waals surface area contributed by atoms with Gasteiger partial charge in [0.15, 0.2) is 5.82 Å². The fourth-order valence-electron chi connectivity index (χ4n) is 2.00. The van der Waals surface area contributed by atoms with Crippen LogP contribution in [0.2, 0.25) is 0 Å². The molecule has 3 aromatic rings. The molecule has 0 saturated heterocycles. The minimum atomic E-state index is 0. The van der Waals surface area contributed by atoms with E-state index in [1.165, 1.54) is 5.56 Å². The average molecular weight is 287 g/mol. The molecule has 4 nitrogen and oxygen atoms in total. The third kappa shape index (κ3) is 2.70. The molecule has 1 heterocycles. The third-order valence-corrected chi connectivity index (χ3v) is 3.09. The van der Waals surface area contributed by atoms with Crippen LogP contribution in [0, 0.1) is 0 Å². The summed E-state index contributed by atoms with van der Waals surface area (Å²) < 4.78 is 1.76. The zero-order chi connectivity index (χ0) is 13.1. The Hall–Kier alpha value is -2.20. The Bertz CT molecular complexity index is 662. The standard InChI is InChI=1S/C15H14N4.ClH/c1-2-12-8-10-14(11-9-12)19-15(16-17-18-19)13-6-4-3-5-7-13;/h3-11H,2H2,1H3;1H. The molecule has 0 aliphatic carbocycles. The van der Waals surface area contributed by atoms with Gasteiger partial charge in [-0.25, -0.2) is 0 Å². The molecule has 2 aromatic carbocycles. The highest BCUT2D eigenvalue weighted by Crippen LogP contribution is 2.19. The molecule has 1 aromatic heterocycles. The lowest BCUT2D eigenvalue weighted by atomic mass is 10.1. The molecule has 0 bridgehead atoms. The second-order valence-corrected chi connectivity index (χ2v) is 4.30. The largest absolute Gasteiger partial charge is 0.193 e. The smallest absolute Gasteiger partial charge is 0.187 e. The van der Waals surface area contributed by atoms with Gasteiger partial charge in [0.2, 0.25) is 0 Å². The van der Waals surface area contributed by atoms with Gasteiger partial charge >= 0.3 is 0 Å². The SMILES string of the molecule is CCc1ccc(-n2nnnc2-c2ccccc2)cc1.Cl. The fraction of sp³-hybridized carbons (Fsp3) is 0.133. The molecule has 0 atom stereocenters. The van der Waals surface area contributed by atoms with Crippen LogP contribution in [-0.4, -0.2) is 20.2 Å². The van der Waals surface area contributed by atoms with Crippen molar-refractivity contribution in [2.45, 2.75) is 13.3 Å². The maximum Gasteiger partial charge on any atom is 0.187 e. The van der Waals surface area contributed by atoms with Gasteiger partial charge in [-0.15, -0.1) is 17.5 Å². The van der Waals surface area contributed by atoms with E-state index in [1.807, 2.05) is 42.5 Å². The summed E-state index contributed by atoms with van der Waals surface area (Å²) >= 11 is 0. The molecule has 102 valence electrons. The van der Waals surface area contributed by atoms with Crippen molar-refractivity contribution in [1.29, 1.82) is 0 Å². The first-order valence-corrected chi connectivity index (χ1v) is 6.31. The predicted octanol–water partition coefficient (Wildman–Crippen LogP) is 3.31. The topological polar surface area (TPSA) is 43.6 Å². The van der Waals surface area contributed by atoms with Gasteiger partial charge in [0.1, 0.15) is 0 Å². The summed E-state index contributed by atoms with van der Waals surface area (Å²) in [6, 6.07) is 18.2. The number of halogens is 1. The van der Waals surface area contributed by atoms with Gasteiger partial charge in [-0.3, -0.25) is 0 Å². The van der Waals surface area contributed by atoms with Crippen LogP contribution in [0.15, 0.2) is 54.6 Å². The summed E-state index contributed by atoms with van der Waals surface area (Å²) in [4.78, 5) is 0. The summed E-state index contributed by atoms with van der Waals surface area (Å²) in [6.07, 6.45) is 1.03. The van der Waals surface area contributed by atoms with Crippen LogP contribution in [0.5, 0.6) is 0 Å². The lowest BCUT2D eigenvalue weighted by Crippen LogP contribution is -1.99. The first-order valence-electron chi connectivity index (χ1n) is 6.31. The van der Waals surface area contributed by atoms with Crippen molar-refractivity contribution in [3.8, 4) is 17.1 Å². The summed E-state index contributed by atoms with van der Waals surface area (Å²) in [6.45, 7) is 2.14. The zero-order valence-electron chi connectivity index (χ0n) is 11.1. The van der Waals surface area contributed by atoms with Crippen molar-refractivity contribution >= 4 is 12.4 Å². The van der Waals surface area contributed by atoms with E-state index in [1.54, 1.807) is 4.68 Å². The van der Waals surface area contributed by atoms with Gasteiger partial charge in [0.25, 0.3) is 0 Å². The van der Waals surface area contributed by atoms with Gasteiger partial charge in [0, 0.05) is 5.56 Å².